The van der Waals surface area contributed by atoms with Gasteiger partial charge in [-0.2, -0.15) is 0 Å². The molecule has 38 heavy (non-hydrogen) atoms. The lowest BCUT2D eigenvalue weighted by molar-refractivity contribution is -0.345. The van der Waals surface area contributed by atoms with Gasteiger partial charge in [-0.25, -0.2) is 4.70 Å². The molecule has 3 rings (SSSR count). The fourth-order valence-corrected chi connectivity index (χ4v) is 5.55. The smallest absolute Gasteiger partial charge is 0.215 e. The van der Waals surface area contributed by atoms with E-state index in [0.29, 0.717) is 0 Å². The maximum atomic E-state index is 11.8. The van der Waals surface area contributed by atoms with Crippen LogP contribution in [0.2, 0.25) is 0 Å². The Labute approximate surface area is 233 Å². The van der Waals surface area contributed by atoms with Gasteiger partial charge in [0.2, 0.25) is 11.4 Å². The molecule has 0 amide bonds. The average molecular weight is 511 g/mol. The summed E-state index contributed by atoms with van der Waals surface area (Å²) in [5.74, 6) is 0. The van der Waals surface area contributed by atoms with E-state index in [1.807, 2.05) is 0 Å². The van der Waals surface area contributed by atoms with Gasteiger partial charge in [-0.05, 0) is 92.0 Å². The number of hydrogen-bond acceptors (Lipinski definition) is 0. The molecule has 1 aliphatic heterocycles. The molecule has 1 aliphatic rings. The zero-order valence-corrected chi connectivity index (χ0v) is 25.0. The summed E-state index contributed by atoms with van der Waals surface area (Å²) in [6, 6.07) is 13.6. The molecule has 0 spiro atoms. The highest BCUT2D eigenvalue weighted by molar-refractivity contribution is 5.84. The predicted molar refractivity (Wildman–Crippen MR) is 165 cm³/mol. The van der Waals surface area contributed by atoms with Gasteiger partial charge in [0.15, 0.2) is 0 Å². The van der Waals surface area contributed by atoms with Gasteiger partial charge in [0, 0.05) is 16.7 Å². The summed E-state index contributed by atoms with van der Waals surface area (Å²) in [4.78, 5) is 0. The number of benzene rings is 2. The molecule has 0 aliphatic carbocycles. The number of aryl methyl sites for hydroxylation is 4. The van der Waals surface area contributed by atoms with Crippen LogP contribution in [-0.2, 0) is 25.7 Å². The first-order valence-corrected chi connectivity index (χ1v) is 15.3. The predicted octanol–water partition coefficient (Wildman–Crippen LogP) is 10.8. The van der Waals surface area contributed by atoms with Crippen LogP contribution in [0.1, 0.15) is 126 Å². The molecule has 2 aromatic carbocycles. The Morgan fingerprint density at radius 1 is 0.605 bits per heavy atom. The maximum Gasteiger partial charge on any atom is 0.215 e. The zero-order chi connectivity index (χ0) is 27.5. The molecule has 0 unspecified atom stereocenters. The monoisotopic (exact) mass is 510 g/mol. The van der Waals surface area contributed by atoms with E-state index in [2.05, 4.69) is 90.1 Å². The molecule has 0 fully saturated rings. The Kier molecular flexibility index (Phi) is 11.8. The fourth-order valence-electron chi connectivity index (χ4n) is 5.55. The van der Waals surface area contributed by atoms with Crippen molar-refractivity contribution in [3.05, 3.63) is 98.6 Å². The number of unbranched alkanes of at least 4 members (excludes halogenated alkanes) is 7. The Hall–Kier alpha value is -2.74. The topological polar surface area (TPSA) is 25.3 Å². The minimum atomic E-state index is 0.915. The molecular formula is C36H50N2. The van der Waals surface area contributed by atoms with Gasteiger partial charge in [0.25, 0.3) is 0 Å². The Morgan fingerprint density at radius 3 is 1.53 bits per heavy atom. The summed E-state index contributed by atoms with van der Waals surface area (Å²) >= 11 is 0. The second-order valence-corrected chi connectivity index (χ2v) is 10.9. The standard InChI is InChI=1S/C36H50N2/c1-7-12-13-14-15-16-17-18-19-20-34-27(6)35(32-23-28(8-2)21-29(9-3)24-32)38(37)36(34)33-25-30(10-4)22-31(11-5)26-33/h19-26H,7-18H2,1-6H3. The second kappa shape index (κ2) is 15.0. The minimum absolute atomic E-state index is 0.915. The number of rotatable bonds is 15. The SMILES string of the molecule is CCCCCCCCCC=CC1=C(c2cc(CC)cc(CC)c2)[N+](=[N-])C(c2cc(CC)cc(CC)c2)=C1C. The van der Waals surface area contributed by atoms with Crippen LogP contribution in [-0.4, -0.2) is 4.70 Å². The van der Waals surface area contributed by atoms with E-state index in [-0.39, 0.29) is 0 Å². The number of hydrogen-bond donors (Lipinski definition) is 0. The molecule has 0 radical (unpaired) electrons. The van der Waals surface area contributed by atoms with Crippen LogP contribution in [0.15, 0.2) is 59.7 Å². The first kappa shape index (κ1) is 29.8. The van der Waals surface area contributed by atoms with E-state index in [1.54, 1.807) is 0 Å². The van der Waals surface area contributed by atoms with E-state index in [1.165, 1.54) is 71.9 Å². The van der Waals surface area contributed by atoms with Crippen molar-refractivity contribution in [2.75, 3.05) is 0 Å². The van der Waals surface area contributed by atoms with Crippen molar-refractivity contribution in [2.24, 2.45) is 0 Å². The highest BCUT2D eigenvalue weighted by atomic mass is 15.2. The van der Waals surface area contributed by atoms with Crippen LogP contribution in [0.3, 0.4) is 0 Å². The van der Waals surface area contributed by atoms with E-state index in [4.69, 9.17) is 0 Å². The first-order chi connectivity index (χ1) is 18.5. The van der Waals surface area contributed by atoms with E-state index >= 15 is 0 Å². The lowest BCUT2D eigenvalue weighted by atomic mass is 9.96. The van der Waals surface area contributed by atoms with Crippen LogP contribution in [0.5, 0.6) is 0 Å². The average Bonchev–Trinajstić information content (AvgIpc) is 3.19. The summed E-state index contributed by atoms with van der Waals surface area (Å²) in [5, 5.41) is 0. The van der Waals surface area contributed by atoms with E-state index < -0.39 is 0 Å². The third-order valence-corrected chi connectivity index (χ3v) is 7.98. The van der Waals surface area contributed by atoms with Gasteiger partial charge >= 0.3 is 0 Å². The molecule has 0 bridgehead atoms. The largest absolute Gasteiger partial charge is 0.493 e. The minimum Gasteiger partial charge on any atom is -0.493 e. The molecule has 0 N–H and O–H groups in total. The third kappa shape index (κ3) is 7.43. The highest BCUT2D eigenvalue weighted by Crippen LogP contribution is 2.42. The summed E-state index contributed by atoms with van der Waals surface area (Å²) in [5.41, 5.74) is 23.4. The van der Waals surface area contributed by atoms with Crippen molar-refractivity contribution < 1.29 is 4.70 Å². The van der Waals surface area contributed by atoms with Gasteiger partial charge < -0.3 is 5.53 Å². The zero-order valence-electron chi connectivity index (χ0n) is 25.0. The van der Waals surface area contributed by atoms with Crippen LogP contribution < -0.4 is 0 Å². The van der Waals surface area contributed by atoms with Crippen molar-refractivity contribution in [1.29, 1.82) is 0 Å². The maximum absolute atomic E-state index is 11.8. The number of nitrogens with zero attached hydrogens (tertiary/aromatic N) is 2. The molecule has 1 heterocycles. The van der Waals surface area contributed by atoms with Crippen LogP contribution in [0.4, 0.5) is 0 Å². The molecule has 204 valence electrons. The fraction of sp³-hybridized carbons (Fsp3) is 0.500. The molecule has 0 atom stereocenters. The van der Waals surface area contributed by atoms with Gasteiger partial charge in [-0.15, -0.1) is 0 Å². The van der Waals surface area contributed by atoms with Crippen molar-refractivity contribution in [1.82, 2.24) is 0 Å². The van der Waals surface area contributed by atoms with Gasteiger partial charge in [0.05, 0.1) is 5.57 Å². The van der Waals surface area contributed by atoms with Gasteiger partial charge in [-0.3, -0.25) is 0 Å². The van der Waals surface area contributed by atoms with Gasteiger partial charge in [0.1, 0.15) is 0 Å². The lowest BCUT2D eigenvalue weighted by Crippen LogP contribution is -2.04. The lowest BCUT2D eigenvalue weighted by Gasteiger charge is -2.13. The normalized spacial score (nSPS) is 14.0. The van der Waals surface area contributed by atoms with Gasteiger partial charge in [-0.1, -0.05) is 97.4 Å². The highest BCUT2D eigenvalue weighted by Gasteiger charge is 2.33. The Bertz CT molecular complexity index is 1150. The van der Waals surface area contributed by atoms with Crippen LogP contribution in [0.25, 0.3) is 16.9 Å². The molecular weight excluding hydrogens is 460 g/mol. The summed E-state index contributed by atoms with van der Waals surface area (Å²) in [6.45, 7) is 13.3. The summed E-state index contributed by atoms with van der Waals surface area (Å²) < 4.78 is 1.48. The summed E-state index contributed by atoms with van der Waals surface area (Å²) in [7, 11) is 0. The third-order valence-electron chi connectivity index (χ3n) is 7.98. The van der Waals surface area contributed by atoms with Crippen LogP contribution >= 0.6 is 0 Å². The number of allylic oxidation sites excluding steroid dienone is 4. The van der Waals surface area contributed by atoms with E-state index in [0.717, 1.165) is 65.8 Å². The summed E-state index contributed by atoms with van der Waals surface area (Å²) in [6.07, 6.45) is 18.9. The Balaban J connectivity index is 1.97. The second-order valence-electron chi connectivity index (χ2n) is 10.9. The van der Waals surface area contributed by atoms with Crippen molar-refractivity contribution in [3.63, 3.8) is 0 Å². The molecule has 0 saturated carbocycles. The van der Waals surface area contributed by atoms with Crippen LogP contribution in [0, 0.1) is 0 Å². The molecule has 2 aromatic rings. The quantitative estimate of drug-likeness (QED) is 0.168. The molecule has 0 saturated heterocycles. The first-order valence-electron chi connectivity index (χ1n) is 15.3. The van der Waals surface area contributed by atoms with E-state index in [9.17, 15) is 5.53 Å². The molecule has 2 nitrogen and oxygen atoms in total. The Morgan fingerprint density at radius 2 is 1.05 bits per heavy atom. The van der Waals surface area contributed by atoms with Crippen molar-refractivity contribution in [3.8, 4) is 0 Å². The molecule has 0 aromatic heterocycles. The van der Waals surface area contributed by atoms with Crippen molar-refractivity contribution in [2.45, 2.75) is 119 Å². The molecule has 2 heteroatoms. The van der Waals surface area contributed by atoms with Crippen molar-refractivity contribution >= 4 is 11.4 Å².